The largest absolute Gasteiger partial charge is 0.493 e. The van der Waals surface area contributed by atoms with Gasteiger partial charge in [-0.1, -0.05) is 12.1 Å². The number of fused-ring (bicyclic) bond motifs is 1. The standard InChI is InChI=1S/C19H16BrFN4O3/c1-27-16-7-12(15-8-17(26)24-19-22-10-23-25(15)19)6-14(20)18(16)28-9-11-2-4-13(21)5-3-11/h2-7,10,15H,8-9H2,1H3,(H,22,23,24,26)/t15-/m0/s1. The van der Waals surface area contributed by atoms with Gasteiger partial charge in [0.2, 0.25) is 11.9 Å². The SMILES string of the molecule is COc1cc([C@@H]2CC(=O)Nc3ncnn32)cc(Br)c1OCc1ccc(F)cc1. The third kappa shape index (κ3) is 3.57. The molecule has 0 fully saturated rings. The Morgan fingerprint density at radius 1 is 1.32 bits per heavy atom. The van der Waals surface area contributed by atoms with E-state index in [-0.39, 0.29) is 30.8 Å². The summed E-state index contributed by atoms with van der Waals surface area (Å²) >= 11 is 3.53. The number of ether oxygens (including phenoxy) is 2. The topological polar surface area (TPSA) is 78.3 Å². The summed E-state index contributed by atoms with van der Waals surface area (Å²) in [7, 11) is 1.55. The average Bonchev–Trinajstić information content (AvgIpc) is 3.15. The minimum atomic E-state index is -0.303. The molecule has 144 valence electrons. The van der Waals surface area contributed by atoms with Crippen molar-refractivity contribution >= 4 is 27.8 Å². The number of aromatic nitrogens is 3. The van der Waals surface area contributed by atoms with Crippen LogP contribution in [0.5, 0.6) is 11.5 Å². The molecule has 0 radical (unpaired) electrons. The van der Waals surface area contributed by atoms with Gasteiger partial charge in [-0.2, -0.15) is 10.1 Å². The minimum Gasteiger partial charge on any atom is -0.493 e. The first kappa shape index (κ1) is 18.4. The maximum atomic E-state index is 13.1. The van der Waals surface area contributed by atoms with E-state index in [1.807, 2.05) is 12.1 Å². The molecule has 7 nitrogen and oxygen atoms in total. The molecule has 1 atom stereocenters. The van der Waals surface area contributed by atoms with E-state index in [0.717, 1.165) is 11.1 Å². The Bertz CT molecular complexity index is 1020. The van der Waals surface area contributed by atoms with E-state index in [2.05, 4.69) is 31.3 Å². The summed E-state index contributed by atoms with van der Waals surface area (Å²) in [5.74, 6) is 1.02. The molecule has 4 rings (SSSR count). The Kier molecular flexibility index (Phi) is 4.99. The fourth-order valence-corrected chi connectivity index (χ4v) is 3.65. The molecule has 1 N–H and O–H groups in total. The van der Waals surface area contributed by atoms with E-state index in [4.69, 9.17) is 9.47 Å². The van der Waals surface area contributed by atoms with Crippen molar-refractivity contribution in [1.82, 2.24) is 14.8 Å². The molecule has 28 heavy (non-hydrogen) atoms. The lowest BCUT2D eigenvalue weighted by atomic mass is 10.0. The van der Waals surface area contributed by atoms with Crippen LogP contribution in [0.2, 0.25) is 0 Å². The molecule has 2 heterocycles. The molecule has 1 amide bonds. The summed E-state index contributed by atoms with van der Waals surface area (Å²) in [5.41, 5.74) is 1.66. The van der Waals surface area contributed by atoms with E-state index < -0.39 is 0 Å². The zero-order chi connectivity index (χ0) is 19.7. The van der Waals surface area contributed by atoms with Gasteiger partial charge in [-0.25, -0.2) is 9.07 Å². The van der Waals surface area contributed by atoms with Crippen molar-refractivity contribution < 1.29 is 18.7 Å². The Morgan fingerprint density at radius 2 is 2.11 bits per heavy atom. The fourth-order valence-electron chi connectivity index (χ4n) is 3.07. The van der Waals surface area contributed by atoms with Crippen LogP contribution in [-0.4, -0.2) is 27.8 Å². The number of amides is 1. The van der Waals surface area contributed by atoms with Crippen LogP contribution in [0.25, 0.3) is 0 Å². The number of halogens is 2. The Balaban J connectivity index is 1.63. The van der Waals surface area contributed by atoms with Crippen LogP contribution >= 0.6 is 15.9 Å². The number of anilines is 1. The molecule has 2 aromatic carbocycles. The predicted octanol–water partition coefficient (Wildman–Crippen LogP) is 3.70. The number of methoxy groups -OCH3 is 1. The molecule has 9 heteroatoms. The maximum Gasteiger partial charge on any atom is 0.229 e. The molecule has 0 saturated carbocycles. The molecule has 3 aromatic rings. The monoisotopic (exact) mass is 446 g/mol. The highest BCUT2D eigenvalue weighted by Crippen LogP contribution is 2.40. The Labute approximate surface area is 168 Å². The van der Waals surface area contributed by atoms with Crippen LogP contribution in [-0.2, 0) is 11.4 Å². The van der Waals surface area contributed by atoms with E-state index >= 15 is 0 Å². The number of nitrogens with one attached hydrogen (secondary N) is 1. The van der Waals surface area contributed by atoms with Crippen molar-refractivity contribution in [1.29, 1.82) is 0 Å². The highest BCUT2D eigenvalue weighted by molar-refractivity contribution is 9.10. The highest BCUT2D eigenvalue weighted by Gasteiger charge is 2.29. The van der Waals surface area contributed by atoms with Crippen LogP contribution in [0.15, 0.2) is 47.2 Å². The van der Waals surface area contributed by atoms with Crippen LogP contribution < -0.4 is 14.8 Å². The average molecular weight is 447 g/mol. The van der Waals surface area contributed by atoms with Crippen molar-refractivity contribution in [2.24, 2.45) is 0 Å². The van der Waals surface area contributed by atoms with Gasteiger partial charge in [0, 0.05) is 0 Å². The highest BCUT2D eigenvalue weighted by atomic mass is 79.9. The summed E-state index contributed by atoms with van der Waals surface area (Å²) in [5, 5.41) is 6.91. The van der Waals surface area contributed by atoms with Gasteiger partial charge in [0.25, 0.3) is 0 Å². The van der Waals surface area contributed by atoms with Crippen LogP contribution in [0, 0.1) is 5.82 Å². The number of carbonyl (C=O) groups excluding carboxylic acids is 1. The fraction of sp³-hybridized carbons (Fsp3) is 0.211. The predicted molar refractivity (Wildman–Crippen MR) is 103 cm³/mol. The van der Waals surface area contributed by atoms with E-state index in [9.17, 15) is 9.18 Å². The maximum absolute atomic E-state index is 13.1. The quantitative estimate of drug-likeness (QED) is 0.646. The van der Waals surface area contributed by atoms with Crippen LogP contribution in [0.1, 0.15) is 23.6 Å². The number of hydrogen-bond donors (Lipinski definition) is 1. The smallest absolute Gasteiger partial charge is 0.229 e. The zero-order valence-electron chi connectivity index (χ0n) is 14.9. The third-order valence-corrected chi connectivity index (χ3v) is 5.02. The summed E-state index contributed by atoms with van der Waals surface area (Å²) in [4.78, 5) is 16.1. The van der Waals surface area contributed by atoms with Crippen molar-refractivity contribution in [3.05, 3.63) is 64.1 Å². The van der Waals surface area contributed by atoms with Gasteiger partial charge in [-0.15, -0.1) is 0 Å². The molecular weight excluding hydrogens is 431 g/mol. The summed E-state index contributed by atoms with van der Waals surface area (Å²) in [6, 6.07) is 9.49. The second-order valence-corrected chi connectivity index (χ2v) is 7.10. The van der Waals surface area contributed by atoms with Gasteiger partial charge in [-0.3, -0.25) is 10.1 Å². The molecule has 1 aliphatic rings. The zero-order valence-corrected chi connectivity index (χ0v) is 16.4. The lowest BCUT2D eigenvalue weighted by molar-refractivity contribution is -0.117. The van der Waals surface area contributed by atoms with Gasteiger partial charge in [0.15, 0.2) is 11.5 Å². The molecule has 0 aliphatic carbocycles. The first-order valence-electron chi connectivity index (χ1n) is 8.49. The second-order valence-electron chi connectivity index (χ2n) is 6.25. The Hall–Kier alpha value is -2.94. The normalized spacial score (nSPS) is 15.7. The molecule has 1 aliphatic heterocycles. The number of nitrogens with zero attached hydrogens (tertiary/aromatic N) is 3. The summed E-state index contributed by atoms with van der Waals surface area (Å²) < 4.78 is 26.8. The minimum absolute atomic E-state index is 0.128. The van der Waals surface area contributed by atoms with Crippen LogP contribution in [0.4, 0.5) is 10.3 Å². The third-order valence-electron chi connectivity index (χ3n) is 4.43. The summed E-state index contributed by atoms with van der Waals surface area (Å²) in [6.45, 7) is 0.258. The van der Waals surface area contributed by atoms with Gasteiger partial charge >= 0.3 is 0 Å². The van der Waals surface area contributed by atoms with E-state index in [0.29, 0.717) is 21.9 Å². The van der Waals surface area contributed by atoms with Gasteiger partial charge in [-0.05, 0) is 51.3 Å². The molecule has 0 unspecified atom stereocenters. The van der Waals surface area contributed by atoms with Crippen molar-refractivity contribution in [2.75, 3.05) is 12.4 Å². The van der Waals surface area contributed by atoms with E-state index in [1.54, 1.807) is 23.9 Å². The molecular formula is C19H16BrFN4O3. The van der Waals surface area contributed by atoms with Crippen LogP contribution in [0.3, 0.4) is 0 Å². The van der Waals surface area contributed by atoms with Crippen molar-refractivity contribution in [3.63, 3.8) is 0 Å². The number of rotatable bonds is 5. The second kappa shape index (κ2) is 7.59. The molecule has 0 bridgehead atoms. The molecule has 1 aromatic heterocycles. The first-order chi connectivity index (χ1) is 13.5. The number of hydrogen-bond acceptors (Lipinski definition) is 5. The van der Waals surface area contributed by atoms with Gasteiger partial charge < -0.3 is 9.47 Å². The van der Waals surface area contributed by atoms with Crippen molar-refractivity contribution in [3.8, 4) is 11.5 Å². The van der Waals surface area contributed by atoms with Gasteiger partial charge in [0.1, 0.15) is 18.8 Å². The first-order valence-corrected chi connectivity index (χ1v) is 9.28. The Morgan fingerprint density at radius 3 is 2.86 bits per heavy atom. The van der Waals surface area contributed by atoms with Gasteiger partial charge in [0.05, 0.1) is 24.0 Å². The number of benzene rings is 2. The lowest BCUT2D eigenvalue weighted by Crippen LogP contribution is -2.29. The lowest BCUT2D eigenvalue weighted by Gasteiger charge is -2.25. The number of carbonyl (C=O) groups is 1. The summed E-state index contributed by atoms with van der Waals surface area (Å²) in [6.07, 6.45) is 1.64. The van der Waals surface area contributed by atoms with Crippen molar-refractivity contribution in [2.45, 2.75) is 19.1 Å². The molecule has 0 saturated heterocycles. The molecule has 0 spiro atoms. The van der Waals surface area contributed by atoms with E-state index in [1.165, 1.54) is 18.5 Å².